The van der Waals surface area contributed by atoms with Gasteiger partial charge in [-0.1, -0.05) is 32.9 Å². The molecule has 0 radical (unpaired) electrons. The smallest absolute Gasteiger partial charge is 0.273 e. The Morgan fingerprint density at radius 1 is 1.10 bits per heavy atom. The Hall–Kier alpha value is -3.75. The summed E-state index contributed by atoms with van der Waals surface area (Å²) in [5.74, 6) is -2.36. The third-order valence-electron chi connectivity index (χ3n) is 4.92. The number of carbonyl (C=O) groups excluding carboxylic acids is 3. The minimum atomic E-state index is -0.935. The third-order valence-corrected chi connectivity index (χ3v) is 4.92. The minimum Gasteiger partial charge on any atom is -0.368 e. The molecule has 2 aromatic carbocycles. The first kappa shape index (κ1) is 21.9. The van der Waals surface area contributed by atoms with Crippen molar-refractivity contribution in [1.82, 2.24) is 15.1 Å². The van der Waals surface area contributed by atoms with E-state index in [0.717, 1.165) is 5.56 Å². The fraction of sp³-hybridized carbons (Fsp3) is 0.273. The number of nitrogens with one attached hydrogen (secondary N) is 1. The molecule has 8 nitrogen and oxygen atoms in total. The number of halogens is 1. The first-order valence-electron chi connectivity index (χ1n) is 9.62. The molecule has 0 aliphatic heterocycles. The van der Waals surface area contributed by atoms with Crippen LogP contribution in [0.25, 0.3) is 10.9 Å². The van der Waals surface area contributed by atoms with Crippen LogP contribution in [-0.2, 0) is 11.3 Å². The van der Waals surface area contributed by atoms with E-state index in [0.29, 0.717) is 16.5 Å². The second-order valence-corrected chi connectivity index (χ2v) is 8.40. The van der Waals surface area contributed by atoms with Crippen LogP contribution in [-0.4, -0.2) is 33.5 Å². The highest BCUT2D eigenvalue weighted by Gasteiger charge is 2.32. The molecule has 0 unspecified atom stereocenters. The molecule has 0 spiro atoms. The zero-order valence-corrected chi connectivity index (χ0v) is 17.5. The molecule has 0 aliphatic rings. The largest absolute Gasteiger partial charge is 0.368 e. The van der Waals surface area contributed by atoms with Gasteiger partial charge in [-0.25, -0.2) is 4.39 Å². The SMILES string of the molecule is CC(C)(C)[C@H](NC(=O)c1nn(Cc2ccc(C(N)=O)cc2)c2ccc(F)cc12)C(N)=O. The van der Waals surface area contributed by atoms with E-state index >= 15 is 0 Å². The standard InChI is InChI=1S/C22H24FN5O3/c1-22(2,3)18(20(25)30)26-21(31)17-15-10-14(23)8-9-16(15)28(27-17)11-12-4-6-13(7-5-12)19(24)29/h4-10,18H,11H2,1-3H3,(H2,24,29)(H2,25,30)(H,26,31)/t18-/m1/s1. The summed E-state index contributed by atoms with van der Waals surface area (Å²) in [5.41, 5.74) is 11.8. The summed E-state index contributed by atoms with van der Waals surface area (Å²) in [5, 5.41) is 7.30. The molecule has 3 rings (SSSR count). The normalized spacial score (nSPS) is 12.5. The lowest BCUT2D eigenvalue weighted by Crippen LogP contribution is -2.52. The molecular formula is C22H24FN5O3. The van der Waals surface area contributed by atoms with Crippen molar-refractivity contribution in [2.45, 2.75) is 33.4 Å². The van der Waals surface area contributed by atoms with Gasteiger partial charge in [0.15, 0.2) is 5.69 Å². The number of rotatable bonds is 6. The second-order valence-electron chi connectivity index (χ2n) is 8.40. The topological polar surface area (TPSA) is 133 Å². The van der Waals surface area contributed by atoms with Crippen LogP contribution in [0.15, 0.2) is 42.5 Å². The fourth-order valence-corrected chi connectivity index (χ4v) is 3.30. The van der Waals surface area contributed by atoms with Crippen LogP contribution in [0.2, 0.25) is 0 Å². The molecule has 0 aliphatic carbocycles. The van der Waals surface area contributed by atoms with Crippen LogP contribution in [0.4, 0.5) is 4.39 Å². The predicted molar refractivity (Wildman–Crippen MR) is 114 cm³/mol. The highest BCUT2D eigenvalue weighted by molar-refractivity contribution is 6.06. The van der Waals surface area contributed by atoms with E-state index in [9.17, 15) is 18.8 Å². The Morgan fingerprint density at radius 2 is 1.74 bits per heavy atom. The molecule has 0 fully saturated rings. The van der Waals surface area contributed by atoms with Crippen molar-refractivity contribution in [3.8, 4) is 0 Å². The molecule has 3 amide bonds. The van der Waals surface area contributed by atoms with Gasteiger partial charge in [0, 0.05) is 10.9 Å². The van der Waals surface area contributed by atoms with Gasteiger partial charge >= 0.3 is 0 Å². The molecule has 162 valence electrons. The van der Waals surface area contributed by atoms with Crippen molar-refractivity contribution in [2.24, 2.45) is 16.9 Å². The molecule has 0 saturated heterocycles. The minimum absolute atomic E-state index is 0.0150. The van der Waals surface area contributed by atoms with E-state index in [4.69, 9.17) is 11.5 Å². The van der Waals surface area contributed by atoms with Crippen molar-refractivity contribution < 1.29 is 18.8 Å². The van der Waals surface area contributed by atoms with Gasteiger partial charge in [0.25, 0.3) is 5.91 Å². The van der Waals surface area contributed by atoms with E-state index in [1.165, 1.54) is 18.2 Å². The Bertz CT molecular complexity index is 1160. The lowest BCUT2D eigenvalue weighted by Gasteiger charge is -2.28. The summed E-state index contributed by atoms with van der Waals surface area (Å²) in [7, 11) is 0. The number of hydrogen-bond donors (Lipinski definition) is 3. The van der Waals surface area contributed by atoms with E-state index < -0.39 is 35.0 Å². The number of amides is 3. The van der Waals surface area contributed by atoms with Crippen molar-refractivity contribution >= 4 is 28.6 Å². The molecule has 0 saturated carbocycles. The summed E-state index contributed by atoms with van der Waals surface area (Å²) >= 11 is 0. The molecule has 1 aromatic heterocycles. The van der Waals surface area contributed by atoms with Crippen LogP contribution >= 0.6 is 0 Å². The maximum atomic E-state index is 13.9. The van der Waals surface area contributed by atoms with Crippen LogP contribution in [0, 0.1) is 11.2 Å². The zero-order valence-electron chi connectivity index (χ0n) is 17.5. The maximum Gasteiger partial charge on any atom is 0.273 e. The zero-order chi connectivity index (χ0) is 22.9. The van der Waals surface area contributed by atoms with Crippen molar-refractivity contribution in [3.05, 3.63) is 65.1 Å². The lowest BCUT2D eigenvalue weighted by atomic mass is 9.86. The monoisotopic (exact) mass is 425 g/mol. The molecule has 9 heteroatoms. The van der Waals surface area contributed by atoms with E-state index in [-0.39, 0.29) is 12.2 Å². The van der Waals surface area contributed by atoms with Gasteiger partial charge in [0.1, 0.15) is 11.9 Å². The van der Waals surface area contributed by atoms with Gasteiger partial charge in [0.05, 0.1) is 12.1 Å². The van der Waals surface area contributed by atoms with Gasteiger partial charge in [-0.05, 0) is 41.3 Å². The maximum absolute atomic E-state index is 13.9. The number of nitrogens with zero attached hydrogens (tertiary/aromatic N) is 2. The summed E-state index contributed by atoms with van der Waals surface area (Å²) in [6, 6.07) is 9.73. The number of nitrogens with two attached hydrogens (primary N) is 2. The van der Waals surface area contributed by atoms with Crippen LogP contribution in [0.1, 0.15) is 47.2 Å². The highest BCUT2D eigenvalue weighted by atomic mass is 19.1. The Labute approximate surface area is 178 Å². The summed E-state index contributed by atoms with van der Waals surface area (Å²) in [4.78, 5) is 36.0. The van der Waals surface area contributed by atoms with Gasteiger partial charge in [0.2, 0.25) is 11.8 Å². The number of primary amides is 2. The van der Waals surface area contributed by atoms with E-state index in [2.05, 4.69) is 10.4 Å². The Morgan fingerprint density at radius 3 is 2.29 bits per heavy atom. The average Bonchev–Trinajstić information content (AvgIpc) is 3.02. The molecule has 5 N–H and O–H groups in total. The molecule has 1 atom stereocenters. The number of carbonyl (C=O) groups is 3. The highest BCUT2D eigenvalue weighted by Crippen LogP contribution is 2.23. The lowest BCUT2D eigenvalue weighted by molar-refractivity contribution is -0.122. The summed E-state index contributed by atoms with van der Waals surface area (Å²) in [6.07, 6.45) is 0. The number of aromatic nitrogens is 2. The van der Waals surface area contributed by atoms with Crippen LogP contribution in [0.3, 0.4) is 0 Å². The molecule has 0 bridgehead atoms. The summed E-state index contributed by atoms with van der Waals surface area (Å²) < 4.78 is 15.5. The van der Waals surface area contributed by atoms with Crippen LogP contribution < -0.4 is 16.8 Å². The Balaban J connectivity index is 1.99. The van der Waals surface area contributed by atoms with E-state index in [1.807, 2.05) is 0 Å². The van der Waals surface area contributed by atoms with Gasteiger partial charge in [-0.2, -0.15) is 5.10 Å². The quantitative estimate of drug-likeness (QED) is 0.557. The Kier molecular flexibility index (Phi) is 5.79. The first-order chi connectivity index (χ1) is 14.5. The molecular weight excluding hydrogens is 401 g/mol. The van der Waals surface area contributed by atoms with Crippen molar-refractivity contribution in [2.75, 3.05) is 0 Å². The number of hydrogen-bond acceptors (Lipinski definition) is 4. The third kappa shape index (κ3) is 4.71. The molecule has 31 heavy (non-hydrogen) atoms. The predicted octanol–water partition coefficient (Wildman–Crippen LogP) is 1.95. The van der Waals surface area contributed by atoms with Crippen LogP contribution in [0.5, 0.6) is 0 Å². The average molecular weight is 425 g/mol. The van der Waals surface area contributed by atoms with E-state index in [1.54, 1.807) is 49.7 Å². The summed E-state index contributed by atoms with van der Waals surface area (Å²) in [6.45, 7) is 5.59. The van der Waals surface area contributed by atoms with Gasteiger partial charge < -0.3 is 16.8 Å². The fourth-order valence-electron chi connectivity index (χ4n) is 3.30. The number of fused-ring (bicyclic) bond motifs is 1. The van der Waals surface area contributed by atoms with Crippen molar-refractivity contribution in [1.29, 1.82) is 0 Å². The van der Waals surface area contributed by atoms with Gasteiger partial charge in [-0.3, -0.25) is 19.1 Å². The number of benzene rings is 2. The van der Waals surface area contributed by atoms with Gasteiger partial charge in [-0.15, -0.1) is 0 Å². The second kappa shape index (κ2) is 8.17. The molecule has 3 aromatic rings. The molecule has 1 heterocycles. The first-order valence-corrected chi connectivity index (χ1v) is 9.62. The van der Waals surface area contributed by atoms with Crippen molar-refractivity contribution in [3.63, 3.8) is 0 Å².